The molecule has 0 aliphatic rings. The topological polar surface area (TPSA) is 80.4 Å². The van der Waals surface area contributed by atoms with Gasteiger partial charge in [0, 0.05) is 0 Å². The monoisotopic (exact) mass is 167 g/mol. The number of carbonyl (C=O) groups excluding carboxylic acids is 1. The molecule has 1 aromatic carbocycles. The third-order valence-corrected chi connectivity index (χ3v) is 1.02. The minimum atomic E-state index is -0.879. The van der Waals surface area contributed by atoms with Crippen LogP contribution in [0.15, 0.2) is 30.3 Å². The SMILES string of the molecule is NC=O.O=C(O)c1ccccc1. The van der Waals surface area contributed by atoms with Gasteiger partial charge in [0.25, 0.3) is 0 Å². The number of nitrogens with two attached hydrogens (primary N) is 1. The fraction of sp³-hybridized carbons (Fsp3) is 0. The maximum absolute atomic E-state index is 10.2. The molecule has 3 N–H and O–H groups in total. The summed E-state index contributed by atoms with van der Waals surface area (Å²) in [4.78, 5) is 18.8. The quantitative estimate of drug-likeness (QED) is 0.597. The average molecular weight is 167 g/mol. The third kappa shape index (κ3) is 4.05. The summed E-state index contributed by atoms with van der Waals surface area (Å²) in [5, 5.41) is 8.38. The minimum absolute atomic E-state index is 0.250. The summed E-state index contributed by atoms with van der Waals surface area (Å²) in [6.45, 7) is 0. The summed E-state index contributed by atoms with van der Waals surface area (Å²) in [7, 11) is 0. The van der Waals surface area contributed by atoms with Crippen molar-refractivity contribution in [1.29, 1.82) is 0 Å². The van der Waals surface area contributed by atoms with Gasteiger partial charge in [0.2, 0.25) is 6.41 Å². The summed E-state index contributed by atoms with van der Waals surface area (Å²) in [6, 6.07) is 8.30. The number of amides is 1. The summed E-state index contributed by atoms with van der Waals surface area (Å²) in [6.07, 6.45) is 0.250. The summed E-state index contributed by atoms with van der Waals surface area (Å²) < 4.78 is 0. The molecule has 1 rings (SSSR count). The van der Waals surface area contributed by atoms with Crippen LogP contribution in [0.2, 0.25) is 0 Å². The molecule has 0 radical (unpaired) electrons. The maximum Gasteiger partial charge on any atom is 0.335 e. The van der Waals surface area contributed by atoms with Crippen molar-refractivity contribution >= 4 is 12.4 Å². The molecule has 0 aromatic heterocycles. The van der Waals surface area contributed by atoms with E-state index in [1.165, 1.54) is 0 Å². The summed E-state index contributed by atoms with van der Waals surface area (Å²) in [5.41, 5.74) is 4.50. The molecule has 0 unspecified atom stereocenters. The van der Waals surface area contributed by atoms with E-state index >= 15 is 0 Å². The van der Waals surface area contributed by atoms with Crippen molar-refractivity contribution in [3.05, 3.63) is 35.9 Å². The van der Waals surface area contributed by atoms with Crippen LogP contribution in [0.4, 0.5) is 0 Å². The molecule has 0 saturated heterocycles. The zero-order valence-corrected chi connectivity index (χ0v) is 6.31. The van der Waals surface area contributed by atoms with E-state index in [2.05, 4.69) is 5.73 Å². The normalized spacial score (nSPS) is 7.67. The second kappa shape index (κ2) is 5.91. The fourth-order valence-corrected chi connectivity index (χ4v) is 0.581. The smallest absolute Gasteiger partial charge is 0.335 e. The Labute approximate surface area is 69.6 Å². The van der Waals surface area contributed by atoms with Gasteiger partial charge in [0.15, 0.2) is 0 Å². The van der Waals surface area contributed by atoms with E-state index < -0.39 is 5.97 Å². The van der Waals surface area contributed by atoms with E-state index in [0.29, 0.717) is 5.56 Å². The predicted octanol–water partition coefficient (Wildman–Crippen LogP) is 0.486. The molecule has 0 aliphatic heterocycles. The first-order valence-electron chi connectivity index (χ1n) is 3.16. The highest BCUT2D eigenvalue weighted by atomic mass is 16.4. The standard InChI is InChI=1S/C7H6O2.CH3NO/c8-7(9)6-4-2-1-3-5-6;2-1-3/h1-5H,(H,8,9);1H,(H2,2,3). The Kier molecular flexibility index (Phi) is 5.00. The number of hydrogen-bond donors (Lipinski definition) is 2. The lowest BCUT2D eigenvalue weighted by Gasteiger charge is -1.88. The Balaban J connectivity index is 0.000000354. The molecule has 1 aromatic rings. The lowest BCUT2D eigenvalue weighted by Crippen LogP contribution is -1.93. The van der Waals surface area contributed by atoms with Crippen molar-refractivity contribution in [2.24, 2.45) is 5.73 Å². The van der Waals surface area contributed by atoms with Gasteiger partial charge in [-0.15, -0.1) is 0 Å². The van der Waals surface area contributed by atoms with Crippen LogP contribution in [0.25, 0.3) is 0 Å². The van der Waals surface area contributed by atoms with Gasteiger partial charge in [-0.3, -0.25) is 4.79 Å². The number of benzene rings is 1. The molecule has 0 spiro atoms. The molecule has 0 heterocycles. The maximum atomic E-state index is 10.2. The van der Waals surface area contributed by atoms with Crippen molar-refractivity contribution in [1.82, 2.24) is 0 Å². The number of carboxylic acids is 1. The lowest BCUT2D eigenvalue weighted by molar-refractivity contribution is -0.106. The Hall–Kier alpha value is -1.84. The van der Waals surface area contributed by atoms with E-state index in [1.54, 1.807) is 30.3 Å². The van der Waals surface area contributed by atoms with Crippen molar-refractivity contribution < 1.29 is 14.7 Å². The van der Waals surface area contributed by atoms with Crippen LogP contribution < -0.4 is 5.73 Å². The van der Waals surface area contributed by atoms with Gasteiger partial charge in [-0.2, -0.15) is 0 Å². The lowest BCUT2D eigenvalue weighted by atomic mass is 10.2. The molecule has 0 bridgehead atoms. The van der Waals surface area contributed by atoms with Crippen molar-refractivity contribution in [3.63, 3.8) is 0 Å². The molecule has 4 nitrogen and oxygen atoms in total. The Bertz CT molecular complexity index is 246. The number of hydrogen-bond acceptors (Lipinski definition) is 2. The first-order chi connectivity index (χ1) is 5.72. The van der Waals surface area contributed by atoms with Crippen LogP contribution >= 0.6 is 0 Å². The first kappa shape index (κ1) is 10.2. The number of carbonyl (C=O) groups is 2. The average Bonchev–Trinajstić information content (AvgIpc) is 2.07. The highest BCUT2D eigenvalue weighted by molar-refractivity contribution is 5.87. The molecule has 64 valence electrons. The van der Waals surface area contributed by atoms with Gasteiger partial charge in [-0.05, 0) is 12.1 Å². The van der Waals surface area contributed by atoms with Crippen LogP contribution in [0.1, 0.15) is 10.4 Å². The van der Waals surface area contributed by atoms with Crippen LogP contribution in [0, 0.1) is 0 Å². The largest absolute Gasteiger partial charge is 0.478 e. The van der Waals surface area contributed by atoms with Gasteiger partial charge >= 0.3 is 5.97 Å². The number of primary amides is 1. The molecule has 0 fully saturated rings. The Morgan fingerprint density at radius 2 is 1.75 bits per heavy atom. The second-order valence-corrected chi connectivity index (χ2v) is 1.81. The van der Waals surface area contributed by atoms with Crippen LogP contribution in [0.5, 0.6) is 0 Å². The molecular formula is C8H9NO3. The van der Waals surface area contributed by atoms with Crippen LogP contribution in [-0.2, 0) is 4.79 Å². The van der Waals surface area contributed by atoms with E-state index in [9.17, 15) is 4.79 Å². The van der Waals surface area contributed by atoms with Crippen molar-refractivity contribution in [2.45, 2.75) is 0 Å². The zero-order chi connectivity index (χ0) is 9.40. The van der Waals surface area contributed by atoms with Gasteiger partial charge < -0.3 is 10.8 Å². The van der Waals surface area contributed by atoms with E-state index in [4.69, 9.17) is 9.90 Å². The highest BCUT2D eigenvalue weighted by Gasteiger charge is 1.96. The molecule has 0 aliphatic carbocycles. The molecule has 1 amide bonds. The van der Waals surface area contributed by atoms with Gasteiger partial charge in [-0.1, -0.05) is 18.2 Å². The Morgan fingerprint density at radius 1 is 1.33 bits per heavy atom. The molecule has 12 heavy (non-hydrogen) atoms. The van der Waals surface area contributed by atoms with E-state index in [-0.39, 0.29) is 6.41 Å². The molecule has 0 saturated carbocycles. The highest BCUT2D eigenvalue weighted by Crippen LogP contribution is 1.96. The number of carboxylic acid groups (broad SMARTS) is 1. The first-order valence-corrected chi connectivity index (χ1v) is 3.16. The minimum Gasteiger partial charge on any atom is -0.478 e. The summed E-state index contributed by atoms with van der Waals surface area (Å²) >= 11 is 0. The summed E-state index contributed by atoms with van der Waals surface area (Å²) in [5.74, 6) is -0.879. The van der Waals surface area contributed by atoms with E-state index in [0.717, 1.165) is 0 Å². The third-order valence-electron chi connectivity index (χ3n) is 1.02. The number of aromatic carboxylic acids is 1. The Morgan fingerprint density at radius 3 is 2.00 bits per heavy atom. The van der Waals surface area contributed by atoms with Crippen molar-refractivity contribution in [2.75, 3.05) is 0 Å². The van der Waals surface area contributed by atoms with E-state index in [1.807, 2.05) is 0 Å². The fourth-order valence-electron chi connectivity index (χ4n) is 0.581. The predicted molar refractivity (Wildman–Crippen MR) is 43.7 cm³/mol. The molecule has 0 atom stereocenters. The molecular weight excluding hydrogens is 158 g/mol. The number of rotatable bonds is 1. The van der Waals surface area contributed by atoms with Crippen LogP contribution in [-0.4, -0.2) is 17.5 Å². The van der Waals surface area contributed by atoms with Gasteiger partial charge in [0.1, 0.15) is 0 Å². The van der Waals surface area contributed by atoms with Gasteiger partial charge in [0.05, 0.1) is 5.56 Å². The molecule has 4 heteroatoms. The zero-order valence-electron chi connectivity index (χ0n) is 6.31. The van der Waals surface area contributed by atoms with Crippen molar-refractivity contribution in [3.8, 4) is 0 Å². The van der Waals surface area contributed by atoms with Gasteiger partial charge in [-0.25, -0.2) is 4.79 Å². The second-order valence-electron chi connectivity index (χ2n) is 1.81. The van der Waals surface area contributed by atoms with Crippen LogP contribution in [0.3, 0.4) is 0 Å².